The summed E-state index contributed by atoms with van der Waals surface area (Å²) in [6, 6.07) is 21.6. The van der Waals surface area contributed by atoms with E-state index in [-0.39, 0.29) is 11.5 Å². The minimum Gasteiger partial charge on any atom is -0.328 e. The topological polar surface area (TPSA) is 54.9 Å². The zero-order valence-corrected chi connectivity index (χ0v) is 16.6. The Kier molecular flexibility index (Phi) is 4.32. The molecule has 0 bridgehead atoms. The molecule has 30 heavy (non-hydrogen) atoms. The van der Waals surface area contributed by atoms with Gasteiger partial charge in [-0.25, -0.2) is 0 Å². The summed E-state index contributed by atoms with van der Waals surface area (Å²) in [6.45, 7) is 2.03. The third kappa shape index (κ3) is 3.12. The maximum absolute atomic E-state index is 12.8. The average molecular weight is 392 g/mol. The Balaban J connectivity index is 1.47. The normalized spacial score (nSPS) is 11.2. The minimum atomic E-state index is -0.0895. The van der Waals surface area contributed by atoms with Gasteiger partial charge in [0.1, 0.15) is 0 Å². The predicted octanol–water partition coefficient (Wildman–Crippen LogP) is 5.34. The van der Waals surface area contributed by atoms with Gasteiger partial charge in [-0.3, -0.25) is 14.2 Å². The smallest absolute Gasteiger partial charge is 0.255 e. The molecular formula is C26H20N2O2. The summed E-state index contributed by atoms with van der Waals surface area (Å²) in [7, 11) is 0. The lowest BCUT2D eigenvalue weighted by molar-refractivity contribution is 0.0915. The highest BCUT2D eigenvalue weighted by molar-refractivity contribution is 5.96. The summed E-state index contributed by atoms with van der Waals surface area (Å²) in [5.74, 6) is 0.0350. The zero-order valence-electron chi connectivity index (χ0n) is 16.6. The Hall–Kier alpha value is -3.92. The molecule has 2 heterocycles. The second-order valence-corrected chi connectivity index (χ2v) is 7.59. The second-order valence-electron chi connectivity index (χ2n) is 7.59. The lowest BCUT2D eigenvalue weighted by atomic mass is 9.95. The fourth-order valence-electron chi connectivity index (χ4n) is 4.06. The number of aromatic nitrogens is 2. The fourth-order valence-corrected chi connectivity index (χ4v) is 4.06. The van der Waals surface area contributed by atoms with E-state index in [1.165, 1.54) is 0 Å². The summed E-state index contributed by atoms with van der Waals surface area (Å²) in [5, 5.41) is 3.71. The molecule has 0 aliphatic heterocycles. The molecule has 0 atom stereocenters. The first-order valence-electron chi connectivity index (χ1n) is 9.90. The van der Waals surface area contributed by atoms with Gasteiger partial charge in [-0.2, -0.15) is 0 Å². The number of aromatic amines is 1. The molecule has 3 aromatic carbocycles. The van der Waals surface area contributed by atoms with E-state index in [1.807, 2.05) is 80.0 Å². The zero-order chi connectivity index (χ0) is 20.7. The average Bonchev–Trinajstić information content (AvgIpc) is 3.20. The highest BCUT2D eigenvalue weighted by Gasteiger charge is 2.12. The van der Waals surface area contributed by atoms with E-state index in [9.17, 15) is 9.59 Å². The van der Waals surface area contributed by atoms with Crippen LogP contribution in [0, 0.1) is 6.92 Å². The van der Waals surface area contributed by atoms with E-state index in [1.54, 1.807) is 10.8 Å². The molecular weight excluding hydrogens is 372 g/mol. The molecule has 146 valence electrons. The molecule has 0 aliphatic rings. The van der Waals surface area contributed by atoms with E-state index in [2.05, 4.69) is 11.1 Å². The number of rotatable bonds is 3. The summed E-state index contributed by atoms with van der Waals surface area (Å²) >= 11 is 0. The number of benzene rings is 3. The van der Waals surface area contributed by atoms with Crippen LogP contribution in [-0.2, 0) is 6.42 Å². The molecule has 0 unspecified atom stereocenters. The second kappa shape index (κ2) is 7.16. The fraction of sp³-hybridized carbons (Fsp3) is 0.0769. The number of hydrogen-bond donors (Lipinski definition) is 1. The highest BCUT2D eigenvalue weighted by atomic mass is 16.2. The van der Waals surface area contributed by atoms with E-state index < -0.39 is 0 Å². The van der Waals surface area contributed by atoms with Gasteiger partial charge >= 0.3 is 0 Å². The molecule has 0 spiro atoms. The van der Waals surface area contributed by atoms with Crippen LogP contribution in [0.1, 0.15) is 15.9 Å². The van der Waals surface area contributed by atoms with Crippen molar-refractivity contribution in [2.75, 3.05) is 0 Å². The van der Waals surface area contributed by atoms with Crippen molar-refractivity contribution in [3.63, 3.8) is 0 Å². The molecule has 0 saturated heterocycles. The number of nitrogens with zero attached hydrogens (tertiary/aromatic N) is 1. The number of pyridine rings is 1. The predicted molar refractivity (Wildman–Crippen MR) is 121 cm³/mol. The van der Waals surface area contributed by atoms with Crippen LogP contribution in [0.2, 0.25) is 0 Å². The molecule has 4 heteroatoms. The van der Waals surface area contributed by atoms with Crippen molar-refractivity contribution in [2.24, 2.45) is 0 Å². The Labute approximate surface area is 173 Å². The third-order valence-electron chi connectivity index (χ3n) is 5.59. The van der Waals surface area contributed by atoms with Crippen LogP contribution in [-0.4, -0.2) is 15.5 Å². The monoisotopic (exact) mass is 392 g/mol. The van der Waals surface area contributed by atoms with Crippen LogP contribution in [0.25, 0.3) is 32.7 Å². The lowest BCUT2D eigenvalue weighted by Crippen LogP contribution is -2.11. The molecule has 0 radical (unpaired) electrons. The van der Waals surface area contributed by atoms with Crippen LogP contribution >= 0.6 is 0 Å². The molecule has 2 aromatic heterocycles. The van der Waals surface area contributed by atoms with Gasteiger partial charge in [-0.05, 0) is 45.8 Å². The number of carbonyl (C=O) groups excluding carboxylic acids is 1. The Morgan fingerprint density at radius 3 is 2.23 bits per heavy atom. The Morgan fingerprint density at radius 1 is 0.867 bits per heavy atom. The minimum absolute atomic E-state index is 0.0350. The SMILES string of the molecule is Cc1cc(CC(=O)n2cc3ccccc3c2)ccc1-c1c[nH]c(=O)c2ccccc12. The van der Waals surface area contributed by atoms with Gasteiger partial charge in [-0.1, -0.05) is 60.7 Å². The molecule has 0 saturated carbocycles. The van der Waals surface area contributed by atoms with Gasteiger partial charge in [0.2, 0.25) is 5.91 Å². The Morgan fingerprint density at radius 2 is 1.53 bits per heavy atom. The number of H-pyrrole nitrogens is 1. The van der Waals surface area contributed by atoms with Crippen LogP contribution in [0.5, 0.6) is 0 Å². The lowest BCUT2D eigenvalue weighted by Gasteiger charge is -2.11. The van der Waals surface area contributed by atoms with Crippen molar-refractivity contribution in [1.29, 1.82) is 0 Å². The Bertz CT molecular complexity index is 1440. The number of fused-ring (bicyclic) bond motifs is 2. The standard InChI is InChI=1S/C26H20N2O2/c1-17-12-18(13-25(29)28-15-19-6-2-3-7-20(19)16-28)10-11-21(17)24-14-27-26(30)23-9-5-4-8-22(23)24/h2-12,14-16H,13H2,1H3,(H,27,30). The van der Waals surface area contributed by atoms with Crippen molar-refractivity contribution in [2.45, 2.75) is 13.3 Å². The maximum atomic E-state index is 12.8. The molecule has 1 N–H and O–H groups in total. The number of aryl methyl sites for hydroxylation is 1. The number of nitrogens with one attached hydrogen (secondary N) is 1. The molecule has 5 rings (SSSR count). The van der Waals surface area contributed by atoms with Crippen LogP contribution < -0.4 is 5.56 Å². The van der Waals surface area contributed by atoms with Crippen molar-refractivity contribution < 1.29 is 4.79 Å². The molecule has 0 fully saturated rings. The summed E-state index contributed by atoms with van der Waals surface area (Å²) in [4.78, 5) is 27.7. The van der Waals surface area contributed by atoms with Crippen molar-refractivity contribution in [3.05, 3.63) is 107 Å². The summed E-state index contributed by atoms with van der Waals surface area (Å²) in [5.41, 5.74) is 3.97. The van der Waals surface area contributed by atoms with E-state index in [4.69, 9.17) is 0 Å². The van der Waals surface area contributed by atoms with E-state index >= 15 is 0 Å². The quantitative estimate of drug-likeness (QED) is 0.450. The first-order valence-corrected chi connectivity index (χ1v) is 9.90. The van der Waals surface area contributed by atoms with E-state index in [0.29, 0.717) is 11.8 Å². The molecule has 4 nitrogen and oxygen atoms in total. The van der Waals surface area contributed by atoms with E-state index in [0.717, 1.165) is 38.4 Å². The van der Waals surface area contributed by atoms with Gasteiger partial charge in [0.15, 0.2) is 0 Å². The van der Waals surface area contributed by atoms with Crippen LogP contribution in [0.4, 0.5) is 0 Å². The molecule has 0 amide bonds. The molecule has 0 aliphatic carbocycles. The van der Waals surface area contributed by atoms with Gasteiger partial charge in [-0.15, -0.1) is 0 Å². The maximum Gasteiger partial charge on any atom is 0.255 e. The van der Waals surface area contributed by atoms with Crippen molar-refractivity contribution >= 4 is 27.5 Å². The van der Waals surface area contributed by atoms with Crippen molar-refractivity contribution in [1.82, 2.24) is 9.55 Å². The van der Waals surface area contributed by atoms with Gasteiger partial charge in [0.25, 0.3) is 5.56 Å². The highest BCUT2D eigenvalue weighted by Crippen LogP contribution is 2.29. The first kappa shape index (κ1) is 18.1. The number of carbonyl (C=O) groups is 1. The van der Waals surface area contributed by atoms with Crippen LogP contribution in [0.15, 0.2) is 90.1 Å². The number of hydrogen-bond acceptors (Lipinski definition) is 2. The van der Waals surface area contributed by atoms with Crippen LogP contribution in [0.3, 0.4) is 0 Å². The van der Waals surface area contributed by atoms with Gasteiger partial charge in [0, 0.05) is 29.5 Å². The third-order valence-corrected chi connectivity index (χ3v) is 5.59. The largest absolute Gasteiger partial charge is 0.328 e. The van der Waals surface area contributed by atoms with Crippen molar-refractivity contribution in [3.8, 4) is 11.1 Å². The first-order chi connectivity index (χ1) is 14.6. The van der Waals surface area contributed by atoms with Gasteiger partial charge < -0.3 is 4.98 Å². The summed E-state index contributed by atoms with van der Waals surface area (Å²) < 4.78 is 1.67. The summed E-state index contributed by atoms with van der Waals surface area (Å²) in [6.07, 6.45) is 5.86. The van der Waals surface area contributed by atoms with Gasteiger partial charge in [0.05, 0.1) is 6.42 Å². The molecule has 5 aromatic rings.